The van der Waals surface area contributed by atoms with Gasteiger partial charge < -0.3 is 9.47 Å². The first kappa shape index (κ1) is 15.4. The lowest BCUT2D eigenvalue weighted by Crippen LogP contribution is -2.28. The summed E-state index contributed by atoms with van der Waals surface area (Å²) in [5, 5.41) is 0. The smallest absolute Gasteiger partial charge is 0.305 e. The molecule has 2 fully saturated rings. The highest BCUT2D eigenvalue weighted by Gasteiger charge is 2.29. The van der Waals surface area contributed by atoms with Crippen molar-refractivity contribution in [1.29, 1.82) is 0 Å². The fraction of sp³-hybridized carbons (Fsp3) is 0.632. The van der Waals surface area contributed by atoms with E-state index < -0.39 is 0 Å². The van der Waals surface area contributed by atoms with E-state index in [-0.39, 0.29) is 12.1 Å². The van der Waals surface area contributed by atoms with E-state index in [9.17, 15) is 4.79 Å². The maximum Gasteiger partial charge on any atom is 0.305 e. The summed E-state index contributed by atoms with van der Waals surface area (Å²) in [6.07, 6.45) is 7.51. The quantitative estimate of drug-likeness (QED) is 0.728. The van der Waals surface area contributed by atoms with Gasteiger partial charge in [-0.2, -0.15) is 0 Å². The Morgan fingerprint density at radius 3 is 2.77 bits per heavy atom. The number of hydrogen-bond acceptors (Lipinski definition) is 3. The molecule has 3 nitrogen and oxygen atoms in total. The summed E-state index contributed by atoms with van der Waals surface area (Å²) in [6.45, 7) is 2.69. The summed E-state index contributed by atoms with van der Waals surface area (Å²) in [6, 6.07) is 8.38. The number of benzene rings is 1. The van der Waals surface area contributed by atoms with Gasteiger partial charge in [-0.15, -0.1) is 0 Å². The van der Waals surface area contributed by atoms with E-state index in [0.29, 0.717) is 12.3 Å². The zero-order chi connectivity index (χ0) is 15.4. The van der Waals surface area contributed by atoms with E-state index in [4.69, 9.17) is 9.47 Å². The summed E-state index contributed by atoms with van der Waals surface area (Å²) < 4.78 is 11.6. The van der Waals surface area contributed by atoms with Gasteiger partial charge in [-0.05, 0) is 55.7 Å². The van der Waals surface area contributed by atoms with Gasteiger partial charge in [0.15, 0.2) is 0 Å². The molecule has 2 saturated carbocycles. The Labute approximate surface area is 133 Å². The Bertz CT molecular complexity index is 507. The predicted octanol–water partition coefficient (Wildman–Crippen LogP) is 4.45. The van der Waals surface area contributed by atoms with E-state index in [1.807, 2.05) is 13.0 Å². The van der Waals surface area contributed by atoms with Crippen molar-refractivity contribution in [2.45, 2.75) is 63.9 Å². The zero-order valence-electron chi connectivity index (χ0n) is 13.4. The highest BCUT2D eigenvalue weighted by molar-refractivity contribution is 5.69. The highest BCUT2D eigenvalue weighted by atomic mass is 16.5. The lowest BCUT2D eigenvalue weighted by Gasteiger charge is -2.31. The summed E-state index contributed by atoms with van der Waals surface area (Å²) in [5.41, 5.74) is 1.25. The zero-order valence-corrected chi connectivity index (χ0v) is 13.4. The molecule has 0 saturated heterocycles. The Morgan fingerprint density at radius 1 is 1.18 bits per heavy atom. The molecule has 0 spiro atoms. The molecule has 2 atom stereocenters. The fourth-order valence-electron chi connectivity index (χ4n) is 3.20. The molecule has 2 aliphatic carbocycles. The van der Waals surface area contributed by atoms with Crippen LogP contribution in [0.15, 0.2) is 24.3 Å². The van der Waals surface area contributed by atoms with Crippen molar-refractivity contribution in [3.05, 3.63) is 29.8 Å². The molecule has 120 valence electrons. The van der Waals surface area contributed by atoms with Gasteiger partial charge in [-0.25, -0.2) is 0 Å². The first-order valence-corrected chi connectivity index (χ1v) is 8.68. The fourth-order valence-corrected chi connectivity index (χ4v) is 3.20. The van der Waals surface area contributed by atoms with Gasteiger partial charge in [0, 0.05) is 12.3 Å². The molecule has 0 bridgehead atoms. The number of carbonyl (C=O) groups excluding carboxylic acids is 1. The largest absolute Gasteiger partial charge is 0.493 e. The summed E-state index contributed by atoms with van der Waals surface area (Å²) in [4.78, 5) is 11.7. The molecule has 22 heavy (non-hydrogen) atoms. The van der Waals surface area contributed by atoms with E-state index in [1.54, 1.807) is 0 Å². The number of rotatable bonds is 6. The first-order valence-electron chi connectivity index (χ1n) is 8.68. The molecule has 2 unspecified atom stereocenters. The second-order valence-corrected chi connectivity index (χ2v) is 6.60. The molecular weight excluding hydrogens is 276 g/mol. The number of hydrogen-bond donors (Lipinski definition) is 0. The monoisotopic (exact) mass is 302 g/mol. The van der Waals surface area contributed by atoms with Crippen molar-refractivity contribution in [3.63, 3.8) is 0 Å². The van der Waals surface area contributed by atoms with E-state index in [1.165, 1.54) is 24.8 Å². The summed E-state index contributed by atoms with van der Waals surface area (Å²) in [5.74, 6) is 1.94. The number of carbonyl (C=O) groups is 1. The molecular formula is C19H26O3. The lowest BCUT2D eigenvalue weighted by molar-refractivity contribution is -0.151. The normalized spacial score (nSPS) is 24.8. The van der Waals surface area contributed by atoms with Gasteiger partial charge in [0.25, 0.3) is 0 Å². The van der Waals surface area contributed by atoms with Crippen molar-refractivity contribution in [2.75, 3.05) is 6.61 Å². The van der Waals surface area contributed by atoms with Crippen LogP contribution in [0.3, 0.4) is 0 Å². The van der Waals surface area contributed by atoms with Crippen molar-refractivity contribution in [1.82, 2.24) is 0 Å². The molecule has 0 N–H and O–H groups in total. The average molecular weight is 302 g/mol. The molecule has 3 rings (SSSR count). The van der Waals surface area contributed by atoms with Crippen LogP contribution in [0.4, 0.5) is 0 Å². The topological polar surface area (TPSA) is 35.5 Å². The minimum absolute atomic E-state index is 0.0277. The van der Waals surface area contributed by atoms with Crippen LogP contribution in [0.25, 0.3) is 0 Å². The molecule has 1 aromatic rings. The van der Waals surface area contributed by atoms with Gasteiger partial charge in [0.1, 0.15) is 11.9 Å². The Balaban J connectivity index is 1.68. The third kappa shape index (κ3) is 4.02. The standard InChI is InChI=1S/C19H26O3/c1-2-19(20)22-18-9-4-3-8-17(18)15-6-5-7-16(12-15)21-13-14-10-11-14/h5-7,12,14,17-18H,2-4,8-11,13H2,1H3. The van der Waals surface area contributed by atoms with Gasteiger partial charge in [0.2, 0.25) is 0 Å². The molecule has 2 aliphatic rings. The minimum Gasteiger partial charge on any atom is -0.493 e. The van der Waals surface area contributed by atoms with Gasteiger partial charge in [-0.1, -0.05) is 25.5 Å². The van der Waals surface area contributed by atoms with Crippen LogP contribution >= 0.6 is 0 Å². The minimum atomic E-state index is -0.0852. The van der Waals surface area contributed by atoms with E-state index >= 15 is 0 Å². The number of esters is 1. The average Bonchev–Trinajstić information content (AvgIpc) is 3.38. The van der Waals surface area contributed by atoms with Crippen LogP contribution in [0.5, 0.6) is 5.75 Å². The Morgan fingerprint density at radius 2 is 2.00 bits per heavy atom. The third-order valence-corrected chi connectivity index (χ3v) is 4.74. The predicted molar refractivity (Wildman–Crippen MR) is 86.0 cm³/mol. The van der Waals surface area contributed by atoms with Crippen LogP contribution in [0.2, 0.25) is 0 Å². The van der Waals surface area contributed by atoms with Gasteiger partial charge in [-0.3, -0.25) is 4.79 Å². The SMILES string of the molecule is CCC(=O)OC1CCCCC1c1cccc(OCC2CC2)c1. The van der Waals surface area contributed by atoms with Crippen LogP contribution in [-0.2, 0) is 9.53 Å². The lowest BCUT2D eigenvalue weighted by atomic mass is 9.81. The molecule has 0 radical (unpaired) electrons. The van der Waals surface area contributed by atoms with Crippen molar-refractivity contribution in [3.8, 4) is 5.75 Å². The number of ether oxygens (including phenoxy) is 2. The van der Waals surface area contributed by atoms with Crippen LogP contribution in [-0.4, -0.2) is 18.7 Å². The van der Waals surface area contributed by atoms with Crippen LogP contribution < -0.4 is 4.74 Å². The van der Waals surface area contributed by atoms with Crippen LogP contribution in [0.1, 0.15) is 63.4 Å². The highest BCUT2D eigenvalue weighted by Crippen LogP contribution is 2.37. The Kier molecular flexibility index (Phi) is 5.01. The second-order valence-electron chi connectivity index (χ2n) is 6.60. The van der Waals surface area contributed by atoms with Crippen LogP contribution in [0, 0.1) is 5.92 Å². The van der Waals surface area contributed by atoms with Crippen molar-refractivity contribution >= 4 is 5.97 Å². The molecule has 1 aromatic carbocycles. The van der Waals surface area contributed by atoms with Crippen molar-refractivity contribution < 1.29 is 14.3 Å². The van der Waals surface area contributed by atoms with E-state index in [2.05, 4.69) is 18.2 Å². The molecule has 0 aromatic heterocycles. The van der Waals surface area contributed by atoms with Gasteiger partial charge >= 0.3 is 5.97 Å². The molecule has 0 heterocycles. The maximum atomic E-state index is 11.7. The molecule has 0 amide bonds. The summed E-state index contributed by atoms with van der Waals surface area (Å²) in [7, 11) is 0. The van der Waals surface area contributed by atoms with Gasteiger partial charge in [0.05, 0.1) is 6.61 Å². The van der Waals surface area contributed by atoms with Crippen molar-refractivity contribution in [2.24, 2.45) is 5.92 Å². The second kappa shape index (κ2) is 7.17. The first-order chi connectivity index (χ1) is 10.8. The molecule has 0 aliphatic heterocycles. The maximum absolute atomic E-state index is 11.7. The summed E-state index contributed by atoms with van der Waals surface area (Å²) >= 11 is 0. The Hall–Kier alpha value is -1.51. The molecule has 3 heteroatoms. The third-order valence-electron chi connectivity index (χ3n) is 4.74. The van der Waals surface area contributed by atoms with E-state index in [0.717, 1.165) is 37.5 Å².